The van der Waals surface area contributed by atoms with E-state index in [0.29, 0.717) is 26.2 Å². The number of ether oxygens (including phenoxy) is 1. The van der Waals surface area contributed by atoms with Gasteiger partial charge >= 0.3 is 5.97 Å². The van der Waals surface area contributed by atoms with Gasteiger partial charge in [0.2, 0.25) is 5.91 Å². The molecule has 0 aliphatic carbocycles. The molecule has 0 spiro atoms. The van der Waals surface area contributed by atoms with E-state index in [1.165, 1.54) is 4.57 Å². The number of nitrogens with zero attached hydrogens (tertiary/aromatic N) is 3. The summed E-state index contributed by atoms with van der Waals surface area (Å²) in [6, 6.07) is 8.67. The molecule has 0 atom stereocenters. The predicted molar refractivity (Wildman–Crippen MR) is 107 cm³/mol. The Morgan fingerprint density at radius 2 is 1.90 bits per heavy atom. The number of fused-ring (bicyclic) bond motifs is 2. The summed E-state index contributed by atoms with van der Waals surface area (Å²) >= 11 is 0. The number of carbonyl (C=O) groups excluding carboxylic acids is 1. The van der Waals surface area contributed by atoms with Gasteiger partial charge in [-0.25, -0.2) is 4.79 Å². The molecule has 1 amide bonds. The zero-order valence-corrected chi connectivity index (χ0v) is 16.4. The molecule has 158 valence electrons. The number of pyridine rings is 1. The number of carboxylic acid groups (broad SMARTS) is 1. The summed E-state index contributed by atoms with van der Waals surface area (Å²) in [5.41, 5.74) is 0.535. The number of benzene rings is 1. The monoisotopic (exact) mass is 413 g/mol. The van der Waals surface area contributed by atoms with Crippen molar-refractivity contribution in [2.45, 2.75) is 19.5 Å². The second-order valence-corrected chi connectivity index (χ2v) is 7.44. The van der Waals surface area contributed by atoms with Crippen LogP contribution in [0.2, 0.25) is 0 Å². The first kappa shape index (κ1) is 20.0. The Balaban J connectivity index is 1.48. The molecular formula is C21H23N3O6. The molecule has 2 aromatic rings. The molecule has 0 radical (unpaired) electrons. The van der Waals surface area contributed by atoms with Gasteiger partial charge in [0.25, 0.3) is 5.56 Å². The van der Waals surface area contributed by atoms with Crippen LogP contribution in [-0.2, 0) is 24.3 Å². The highest BCUT2D eigenvalue weighted by Gasteiger charge is 2.27. The highest BCUT2D eigenvalue weighted by molar-refractivity contribution is 5.92. The van der Waals surface area contributed by atoms with Gasteiger partial charge in [0.1, 0.15) is 23.7 Å². The molecule has 30 heavy (non-hydrogen) atoms. The summed E-state index contributed by atoms with van der Waals surface area (Å²) in [6.45, 7) is 2.69. The Morgan fingerprint density at radius 1 is 1.10 bits per heavy atom. The zero-order valence-electron chi connectivity index (χ0n) is 16.4. The molecule has 2 N–H and O–H groups in total. The minimum Gasteiger partial charge on any atom is -0.507 e. The van der Waals surface area contributed by atoms with Crippen molar-refractivity contribution >= 4 is 11.9 Å². The maximum absolute atomic E-state index is 13.0. The summed E-state index contributed by atoms with van der Waals surface area (Å²) in [6.07, 6.45) is 0.183. The molecular weight excluding hydrogens is 390 g/mol. The molecule has 0 unspecified atom stereocenters. The van der Waals surface area contributed by atoms with Gasteiger partial charge in [0.15, 0.2) is 0 Å². The van der Waals surface area contributed by atoms with E-state index < -0.39 is 17.3 Å². The van der Waals surface area contributed by atoms with Crippen LogP contribution in [0.25, 0.3) is 0 Å². The minimum atomic E-state index is -1.29. The number of aromatic hydroxyl groups is 1. The van der Waals surface area contributed by atoms with E-state index in [9.17, 15) is 24.6 Å². The molecule has 0 bridgehead atoms. The molecule has 1 aromatic heterocycles. The smallest absolute Gasteiger partial charge is 0.341 e. The summed E-state index contributed by atoms with van der Waals surface area (Å²) in [4.78, 5) is 40.4. The van der Waals surface area contributed by atoms with Gasteiger partial charge in [-0.05, 0) is 6.07 Å². The standard InChI is InChI=1S/C21H23N3O6/c25-16-11-18(26)24-8-7-23(6-5-15(24)20(16)21(28)29)19(27)13-22-9-10-30-17-4-2-1-3-14(17)12-22/h1-4,11,25H,5-10,12-13H2,(H,28,29). The van der Waals surface area contributed by atoms with Gasteiger partial charge in [-0.2, -0.15) is 0 Å². The summed E-state index contributed by atoms with van der Waals surface area (Å²) in [5.74, 6) is -1.09. The Labute approximate surface area is 172 Å². The molecule has 2 aliphatic heterocycles. The molecule has 9 heteroatoms. The first-order chi connectivity index (χ1) is 14.4. The third-order valence-corrected chi connectivity index (χ3v) is 5.57. The number of para-hydroxylation sites is 1. The van der Waals surface area contributed by atoms with Crippen molar-refractivity contribution in [2.24, 2.45) is 0 Å². The summed E-state index contributed by atoms with van der Waals surface area (Å²) < 4.78 is 7.08. The van der Waals surface area contributed by atoms with Gasteiger partial charge in [-0.15, -0.1) is 0 Å². The molecule has 0 saturated carbocycles. The van der Waals surface area contributed by atoms with E-state index in [-0.39, 0.29) is 43.2 Å². The molecule has 1 aromatic carbocycles. The van der Waals surface area contributed by atoms with Crippen LogP contribution in [0.1, 0.15) is 21.6 Å². The third kappa shape index (κ3) is 3.88. The van der Waals surface area contributed by atoms with Crippen molar-refractivity contribution < 1.29 is 24.5 Å². The second-order valence-electron chi connectivity index (χ2n) is 7.44. The van der Waals surface area contributed by atoms with Crippen LogP contribution in [-0.4, -0.2) is 69.2 Å². The Morgan fingerprint density at radius 3 is 2.70 bits per heavy atom. The van der Waals surface area contributed by atoms with E-state index in [2.05, 4.69) is 0 Å². The number of rotatable bonds is 3. The Hall–Kier alpha value is -3.33. The Bertz CT molecular complexity index is 1050. The zero-order chi connectivity index (χ0) is 21.3. The van der Waals surface area contributed by atoms with Crippen LogP contribution in [0.3, 0.4) is 0 Å². The molecule has 2 aliphatic rings. The largest absolute Gasteiger partial charge is 0.507 e. The molecule has 0 saturated heterocycles. The molecule has 4 rings (SSSR count). The van der Waals surface area contributed by atoms with Crippen molar-refractivity contribution in [3.63, 3.8) is 0 Å². The van der Waals surface area contributed by atoms with Gasteiger partial charge in [-0.1, -0.05) is 18.2 Å². The number of carbonyl (C=O) groups is 2. The maximum Gasteiger partial charge on any atom is 0.341 e. The highest BCUT2D eigenvalue weighted by atomic mass is 16.5. The van der Waals surface area contributed by atoms with Crippen LogP contribution >= 0.6 is 0 Å². The van der Waals surface area contributed by atoms with Gasteiger partial charge in [-0.3, -0.25) is 14.5 Å². The van der Waals surface area contributed by atoms with E-state index in [1.54, 1.807) is 4.90 Å². The molecule has 9 nitrogen and oxygen atoms in total. The topological polar surface area (TPSA) is 112 Å². The van der Waals surface area contributed by atoms with Crippen LogP contribution in [0.4, 0.5) is 0 Å². The number of amides is 1. The first-order valence-corrected chi connectivity index (χ1v) is 9.84. The normalized spacial score (nSPS) is 16.6. The van der Waals surface area contributed by atoms with E-state index in [0.717, 1.165) is 17.4 Å². The van der Waals surface area contributed by atoms with Crippen LogP contribution < -0.4 is 10.3 Å². The van der Waals surface area contributed by atoms with Crippen molar-refractivity contribution in [3.8, 4) is 11.5 Å². The summed E-state index contributed by atoms with van der Waals surface area (Å²) in [5, 5.41) is 19.3. The van der Waals surface area contributed by atoms with Crippen LogP contribution in [0, 0.1) is 0 Å². The average molecular weight is 413 g/mol. The predicted octanol–water partition coefficient (Wildman–Crippen LogP) is 0.531. The number of hydrogen-bond donors (Lipinski definition) is 2. The Kier molecular flexibility index (Phi) is 5.45. The quantitative estimate of drug-likeness (QED) is 0.755. The van der Waals surface area contributed by atoms with Crippen molar-refractivity contribution in [1.29, 1.82) is 0 Å². The second kappa shape index (κ2) is 8.19. The van der Waals surface area contributed by atoms with E-state index >= 15 is 0 Å². The third-order valence-electron chi connectivity index (χ3n) is 5.57. The average Bonchev–Trinajstić information content (AvgIpc) is 3.04. The van der Waals surface area contributed by atoms with E-state index in [4.69, 9.17) is 4.74 Å². The molecule has 0 fully saturated rings. The maximum atomic E-state index is 13.0. The van der Waals surface area contributed by atoms with Gasteiger partial charge < -0.3 is 24.4 Å². The lowest BCUT2D eigenvalue weighted by Crippen LogP contribution is -2.42. The van der Waals surface area contributed by atoms with Crippen molar-refractivity contribution in [1.82, 2.24) is 14.4 Å². The van der Waals surface area contributed by atoms with Crippen molar-refractivity contribution in [2.75, 3.05) is 32.8 Å². The van der Waals surface area contributed by atoms with Crippen LogP contribution in [0.5, 0.6) is 11.5 Å². The number of hydrogen-bond acceptors (Lipinski definition) is 6. The number of carboxylic acids is 1. The van der Waals surface area contributed by atoms with E-state index in [1.807, 2.05) is 29.2 Å². The molecule has 3 heterocycles. The van der Waals surface area contributed by atoms with Crippen LogP contribution in [0.15, 0.2) is 35.1 Å². The number of aromatic nitrogens is 1. The first-order valence-electron chi connectivity index (χ1n) is 9.84. The van der Waals surface area contributed by atoms with Crippen molar-refractivity contribution in [3.05, 3.63) is 57.5 Å². The van der Waals surface area contributed by atoms with Gasteiger partial charge in [0, 0.05) is 56.5 Å². The fraction of sp³-hybridized carbons (Fsp3) is 0.381. The minimum absolute atomic E-state index is 0.0867. The lowest BCUT2D eigenvalue weighted by atomic mass is 10.1. The SMILES string of the molecule is O=C(O)c1c(O)cc(=O)n2c1CCN(C(=O)CN1CCOc3ccccc3C1)CC2. The van der Waals surface area contributed by atoms with Gasteiger partial charge in [0.05, 0.1) is 6.54 Å². The lowest BCUT2D eigenvalue weighted by molar-refractivity contribution is -0.132. The highest BCUT2D eigenvalue weighted by Crippen LogP contribution is 2.23. The fourth-order valence-electron chi connectivity index (χ4n) is 4.05. The fourth-order valence-corrected chi connectivity index (χ4v) is 4.05. The lowest BCUT2D eigenvalue weighted by Gasteiger charge is -2.25. The number of aromatic carboxylic acids is 1. The summed E-state index contributed by atoms with van der Waals surface area (Å²) in [7, 11) is 0.